The van der Waals surface area contributed by atoms with Gasteiger partial charge in [-0.05, 0) is 26.0 Å². The molecule has 0 atom stereocenters. The normalized spacial score (nSPS) is 10.9. The quantitative estimate of drug-likeness (QED) is 0.869. The van der Waals surface area contributed by atoms with E-state index in [1.807, 2.05) is 13.8 Å². The van der Waals surface area contributed by atoms with Crippen molar-refractivity contribution in [2.45, 2.75) is 26.5 Å². The highest BCUT2D eigenvalue weighted by Gasteiger charge is 2.08. The average Bonchev–Trinajstić information content (AvgIpc) is 2.73. The molecule has 2 rings (SSSR count). The Morgan fingerprint density at radius 2 is 2.17 bits per heavy atom. The fourth-order valence-electron chi connectivity index (χ4n) is 1.57. The maximum atomic E-state index is 13.2. The Kier molecular flexibility index (Phi) is 3.96. The van der Waals surface area contributed by atoms with Gasteiger partial charge in [-0.3, -0.25) is 0 Å². The van der Waals surface area contributed by atoms with Crippen LogP contribution in [0.2, 0.25) is 0 Å². The number of nitrogens with zero attached hydrogens (tertiary/aromatic N) is 3. The van der Waals surface area contributed by atoms with E-state index in [1.165, 1.54) is 18.5 Å². The van der Waals surface area contributed by atoms with Gasteiger partial charge in [0, 0.05) is 16.6 Å². The second-order valence-electron chi connectivity index (χ2n) is 4.11. The lowest BCUT2D eigenvalue weighted by molar-refractivity contribution is 0.281. The second-order valence-corrected chi connectivity index (χ2v) is 5.02. The zero-order valence-electron chi connectivity index (χ0n) is 10.1. The molecule has 0 spiro atoms. The summed E-state index contributed by atoms with van der Waals surface area (Å²) in [5.74, 6) is 0.829. The summed E-state index contributed by atoms with van der Waals surface area (Å²) in [5.41, 5.74) is 0. The molecule has 0 unspecified atom stereocenters. The SMILES string of the molecule is CC(C)n1ncnc1COc1cc(F)cc(Br)c1. The first-order valence-corrected chi connectivity index (χ1v) is 6.33. The standard InChI is InChI=1S/C12H13BrFN3O/c1-8(2)17-12(15-7-16-17)6-18-11-4-9(13)3-10(14)5-11/h3-5,7-8H,6H2,1-2H3. The number of halogens is 2. The minimum atomic E-state index is -0.343. The van der Waals surface area contributed by atoms with Crippen molar-refractivity contribution in [2.24, 2.45) is 0 Å². The molecule has 0 aliphatic rings. The van der Waals surface area contributed by atoms with E-state index < -0.39 is 0 Å². The Hall–Kier alpha value is -1.43. The zero-order valence-corrected chi connectivity index (χ0v) is 11.7. The van der Waals surface area contributed by atoms with Gasteiger partial charge in [0.2, 0.25) is 0 Å². The molecule has 18 heavy (non-hydrogen) atoms. The summed E-state index contributed by atoms with van der Waals surface area (Å²) in [6.45, 7) is 4.28. The van der Waals surface area contributed by atoms with Crippen LogP contribution in [0.1, 0.15) is 25.7 Å². The number of hydrogen-bond donors (Lipinski definition) is 0. The van der Waals surface area contributed by atoms with Gasteiger partial charge in [0.05, 0.1) is 0 Å². The Balaban J connectivity index is 2.09. The zero-order chi connectivity index (χ0) is 13.1. The molecule has 1 aromatic carbocycles. The van der Waals surface area contributed by atoms with E-state index in [-0.39, 0.29) is 18.5 Å². The molecule has 0 fully saturated rings. The topological polar surface area (TPSA) is 39.9 Å². The Labute approximate surface area is 113 Å². The number of aromatic nitrogens is 3. The van der Waals surface area contributed by atoms with Crippen LogP contribution in [-0.4, -0.2) is 14.8 Å². The van der Waals surface area contributed by atoms with E-state index in [0.717, 1.165) is 0 Å². The molecular weight excluding hydrogens is 301 g/mol. The van der Waals surface area contributed by atoms with E-state index in [1.54, 1.807) is 10.7 Å². The number of hydrogen-bond acceptors (Lipinski definition) is 3. The van der Waals surface area contributed by atoms with Gasteiger partial charge in [-0.25, -0.2) is 14.1 Å². The maximum Gasteiger partial charge on any atom is 0.165 e. The molecule has 0 aliphatic heterocycles. The molecule has 0 saturated carbocycles. The molecule has 6 heteroatoms. The highest BCUT2D eigenvalue weighted by atomic mass is 79.9. The van der Waals surface area contributed by atoms with Crippen molar-refractivity contribution in [1.82, 2.24) is 14.8 Å². The smallest absolute Gasteiger partial charge is 0.165 e. The van der Waals surface area contributed by atoms with E-state index in [9.17, 15) is 4.39 Å². The van der Waals surface area contributed by atoms with Crippen molar-refractivity contribution >= 4 is 15.9 Å². The van der Waals surface area contributed by atoms with Crippen LogP contribution in [0.15, 0.2) is 29.0 Å². The minimum Gasteiger partial charge on any atom is -0.485 e. The molecule has 0 radical (unpaired) electrons. The van der Waals surface area contributed by atoms with Crippen LogP contribution in [0.3, 0.4) is 0 Å². The van der Waals surface area contributed by atoms with Crippen LogP contribution in [-0.2, 0) is 6.61 Å². The molecule has 2 aromatic rings. The van der Waals surface area contributed by atoms with Crippen LogP contribution in [0.4, 0.5) is 4.39 Å². The summed E-state index contributed by atoms with van der Waals surface area (Å²) in [7, 11) is 0. The fraction of sp³-hybridized carbons (Fsp3) is 0.333. The first kappa shape index (κ1) is 13.0. The van der Waals surface area contributed by atoms with Gasteiger partial charge in [0.1, 0.15) is 24.5 Å². The molecule has 1 heterocycles. The third-order valence-corrected chi connectivity index (χ3v) is 2.80. The first-order chi connectivity index (χ1) is 8.56. The third-order valence-electron chi connectivity index (χ3n) is 2.34. The van der Waals surface area contributed by atoms with Gasteiger partial charge in [-0.2, -0.15) is 5.10 Å². The molecule has 96 valence electrons. The molecular formula is C12H13BrFN3O. The van der Waals surface area contributed by atoms with E-state index in [2.05, 4.69) is 26.0 Å². The predicted octanol–water partition coefficient (Wildman–Crippen LogP) is 3.34. The van der Waals surface area contributed by atoms with Gasteiger partial charge < -0.3 is 4.74 Å². The highest BCUT2D eigenvalue weighted by molar-refractivity contribution is 9.10. The van der Waals surface area contributed by atoms with Crippen LogP contribution in [0.5, 0.6) is 5.75 Å². The third kappa shape index (κ3) is 3.07. The Bertz CT molecular complexity index is 522. The summed E-state index contributed by atoms with van der Waals surface area (Å²) >= 11 is 3.22. The van der Waals surface area contributed by atoms with Crippen LogP contribution in [0, 0.1) is 5.82 Å². The largest absolute Gasteiger partial charge is 0.485 e. The van der Waals surface area contributed by atoms with Crippen molar-refractivity contribution in [3.05, 3.63) is 40.6 Å². The molecule has 4 nitrogen and oxygen atoms in total. The predicted molar refractivity (Wildman–Crippen MR) is 68.8 cm³/mol. The van der Waals surface area contributed by atoms with Gasteiger partial charge in [0.15, 0.2) is 5.82 Å². The molecule has 0 bridgehead atoms. The summed E-state index contributed by atoms with van der Waals surface area (Å²) in [6.07, 6.45) is 1.49. The summed E-state index contributed by atoms with van der Waals surface area (Å²) in [4.78, 5) is 4.12. The first-order valence-electron chi connectivity index (χ1n) is 5.53. The molecule has 0 N–H and O–H groups in total. The summed E-state index contributed by atoms with van der Waals surface area (Å²) in [6, 6.07) is 4.63. The van der Waals surface area contributed by atoms with Crippen molar-refractivity contribution in [1.29, 1.82) is 0 Å². The molecule has 0 aliphatic carbocycles. The lowest BCUT2D eigenvalue weighted by Crippen LogP contribution is -2.10. The van der Waals surface area contributed by atoms with Gasteiger partial charge in [-0.1, -0.05) is 15.9 Å². The highest BCUT2D eigenvalue weighted by Crippen LogP contribution is 2.21. The lowest BCUT2D eigenvalue weighted by Gasteiger charge is -2.10. The van der Waals surface area contributed by atoms with Crippen LogP contribution in [0.25, 0.3) is 0 Å². The number of benzene rings is 1. The average molecular weight is 314 g/mol. The lowest BCUT2D eigenvalue weighted by atomic mass is 10.3. The van der Waals surface area contributed by atoms with Crippen molar-refractivity contribution < 1.29 is 9.13 Å². The molecule has 0 saturated heterocycles. The summed E-state index contributed by atoms with van der Waals surface area (Å²) < 4.78 is 21.1. The Morgan fingerprint density at radius 3 is 2.83 bits per heavy atom. The molecule has 1 aromatic heterocycles. The van der Waals surface area contributed by atoms with Crippen molar-refractivity contribution in [3.8, 4) is 5.75 Å². The maximum absolute atomic E-state index is 13.2. The second kappa shape index (κ2) is 5.48. The van der Waals surface area contributed by atoms with Gasteiger partial charge in [-0.15, -0.1) is 0 Å². The van der Waals surface area contributed by atoms with Crippen LogP contribution < -0.4 is 4.74 Å². The summed E-state index contributed by atoms with van der Waals surface area (Å²) in [5, 5.41) is 4.11. The fourth-order valence-corrected chi connectivity index (χ4v) is 2.01. The van der Waals surface area contributed by atoms with E-state index in [4.69, 9.17) is 4.74 Å². The van der Waals surface area contributed by atoms with Gasteiger partial charge in [0.25, 0.3) is 0 Å². The van der Waals surface area contributed by atoms with E-state index in [0.29, 0.717) is 16.0 Å². The number of ether oxygens (including phenoxy) is 1. The molecule has 0 amide bonds. The van der Waals surface area contributed by atoms with E-state index >= 15 is 0 Å². The minimum absolute atomic E-state index is 0.213. The monoisotopic (exact) mass is 313 g/mol. The van der Waals surface area contributed by atoms with Crippen molar-refractivity contribution in [3.63, 3.8) is 0 Å². The van der Waals surface area contributed by atoms with Crippen LogP contribution >= 0.6 is 15.9 Å². The van der Waals surface area contributed by atoms with Gasteiger partial charge >= 0.3 is 0 Å². The van der Waals surface area contributed by atoms with Crippen molar-refractivity contribution in [2.75, 3.05) is 0 Å². The Morgan fingerprint density at radius 1 is 1.39 bits per heavy atom. The number of rotatable bonds is 4.